The van der Waals surface area contributed by atoms with Crippen molar-refractivity contribution in [3.05, 3.63) is 34.6 Å². The summed E-state index contributed by atoms with van der Waals surface area (Å²) in [5, 5.41) is 23.8. The molecule has 1 aliphatic heterocycles. The fourth-order valence-electron chi connectivity index (χ4n) is 4.74. The standard InChI is InChI=1S/C24H26BrFN8O2/c1-23(21(35)28-2)4-3-15(8-23)31-22-30-10-18-19(25)33-34(20(18)32-22)16-5-14(9-27)6-17(7-16)36-13-24(26)11-29-12-24/h5-7,10,15,29H,3-4,8,11-13H2,1-2H3,(H,28,35)(H,30,31,32)/t15-,23-/m1/s1. The van der Waals surface area contributed by atoms with Crippen molar-refractivity contribution in [1.82, 2.24) is 30.4 Å². The fraction of sp³-hybridized carbons (Fsp3) is 0.458. The van der Waals surface area contributed by atoms with E-state index < -0.39 is 11.1 Å². The van der Waals surface area contributed by atoms with E-state index in [0.717, 1.165) is 12.8 Å². The molecular weight excluding hydrogens is 531 g/mol. The molecular formula is C24H26BrFN8O2. The molecule has 12 heteroatoms. The maximum atomic E-state index is 14.4. The summed E-state index contributed by atoms with van der Waals surface area (Å²) in [5.74, 6) is 0.833. The number of carbonyl (C=O) groups excluding carboxylic acids is 1. The minimum absolute atomic E-state index is 0.0350. The Kier molecular flexibility index (Phi) is 6.30. The Morgan fingerprint density at radius 3 is 2.92 bits per heavy atom. The maximum absolute atomic E-state index is 14.4. The van der Waals surface area contributed by atoms with Crippen molar-refractivity contribution >= 4 is 38.8 Å². The number of halogens is 2. The predicted molar refractivity (Wildman–Crippen MR) is 135 cm³/mol. The molecule has 2 aliphatic rings. The van der Waals surface area contributed by atoms with Gasteiger partial charge in [0, 0.05) is 43.9 Å². The van der Waals surface area contributed by atoms with Gasteiger partial charge in [0.1, 0.15) is 17.0 Å². The van der Waals surface area contributed by atoms with Crippen molar-refractivity contribution in [2.24, 2.45) is 5.41 Å². The molecule has 5 rings (SSSR count). The van der Waals surface area contributed by atoms with E-state index in [1.165, 1.54) is 0 Å². The van der Waals surface area contributed by atoms with Gasteiger partial charge in [-0.05, 0) is 47.3 Å². The Bertz CT molecular complexity index is 1370. The molecule has 3 aromatic rings. The third-order valence-electron chi connectivity index (χ3n) is 6.88. The van der Waals surface area contributed by atoms with Gasteiger partial charge in [0.15, 0.2) is 11.3 Å². The van der Waals surface area contributed by atoms with Gasteiger partial charge in [-0.3, -0.25) is 4.79 Å². The lowest BCUT2D eigenvalue weighted by Crippen LogP contribution is -2.59. The second-order valence-corrected chi connectivity index (χ2v) is 10.5. The number of amides is 1. The van der Waals surface area contributed by atoms with Gasteiger partial charge in [0.25, 0.3) is 0 Å². The van der Waals surface area contributed by atoms with Gasteiger partial charge < -0.3 is 20.7 Å². The number of ether oxygens (including phenoxy) is 1. The van der Waals surface area contributed by atoms with E-state index in [-0.39, 0.29) is 31.6 Å². The van der Waals surface area contributed by atoms with Crippen LogP contribution in [0.2, 0.25) is 0 Å². The molecule has 2 aromatic heterocycles. The van der Waals surface area contributed by atoms with E-state index in [1.54, 1.807) is 36.1 Å². The Hall–Kier alpha value is -3.30. The first-order chi connectivity index (χ1) is 17.2. The average molecular weight is 557 g/mol. The van der Waals surface area contributed by atoms with Crippen molar-refractivity contribution in [3.63, 3.8) is 0 Å². The van der Waals surface area contributed by atoms with E-state index in [0.29, 0.717) is 45.0 Å². The lowest BCUT2D eigenvalue weighted by Gasteiger charge is -2.34. The van der Waals surface area contributed by atoms with Crippen molar-refractivity contribution in [2.45, 2.75) is 37.9 Å². The SMILES string of the molecule is CNC(=O)[C@]1(C)CC[C@@H](Nc2ncc3c(Br)nn(-c4cc(C#N)cc(OCC5(F)CNC5)c4)c3n2)C1. The summed E-state index contributed by atoms with van der Waals surface area (Å²) in [6.07, 6.45) is 3.95. The lowest BCUT2D eigenvalue weighted by molar-refractivity contribution is -0.129. The summed E-state index contributed by atoms with van der Waals surface area (Å²) in [6, 6.07) is 7.13. The number of benzene rings is 1. The Morgan fingerprint density at radius 2 is 2.22 bits per heavy atom. The van der Waals surface area contributed by atoms with Crippen molar-refractivity contribution < 1.29 is 13.9 Å². The highest BCUT2D eigenvalue weighted by Crippen LogP contribution is 2.39. The molecule has 0 radical (unpaired) electrons. The number of aromatic nitrogens is 4. The predicted octanol–water partition coefficient (Wildman–Crippen LogP) is 2.86. The Labute approximate surface area is 215 Å². The number of hydrogen-bond acceptors (Lipinski definition) is 8. The van der Waals surface area contributed by atoms with E-state index in [1.807, 2.05) is 6.92 Å². The van der Waals surface area contributed by atoms with Crippen LogP contribution in [-0.2, 0) is 4.79 Å². The summed E-state index contributed by atoms with van der Waals surface area (Å²) in [5.41, 5.74) is -0.404. The minimum atomic E-state index is -1.41. The third kappa shape index (κ3) is 4.60. The molecule has 0 unspecified atom stereocenters. The first-order valence-electron chi connectivity index (χ1n) is 11.7. The van der Waals surface area contributed by atoms with Crippen molar-refractivity contribution in [2.75, 3.05) is 32.1 Å². The van der Waals surface area contributed by atoms with Crippen LogP contribution in [0.5, 0.6) is 5.75 Å². The largest absolute Gasteiger partial charge is 0.490 e. The average Bonchev–Trinajstić information content (AvgIpc) is 3.40. The van der Waals surface area contributed by atoms with Gasteiger partial charge in [-0.1, -0.05) is 6.92 Å². The Morgan fingerprint density at radius 1 is 1.42 bits per heavy atom. The van der Waals surface area contributed by atoms with Crippen LogP contribution in [0.25, 0.3) is 16.7 Å². The van der Waals surface area contributed by atoms with Gasteiger partial charge in [0.2, 0.25) is 11.9 Å². The van der Waals surface area contributed by atoms with Crippen LogP contribution in [0.1, 0.15) is 31.7 Å². The van der Waals surface area contributed by atoms with Crippen molar-refractivity contribution in [3.8, 4) is 17.5 Å². The first-order valence-corrected chi connectivity index (χ1v) is 12.5. The first kappa shape index (κ1) is 24.4. The molecule has 3 heterocycles. The maximum Gasteiger partial charge on any atom is 0.225 e. The van der Waals surface area contributed by atoms with Crippen LogP contribution in [0.15, 0.2) is 29.0 Å². The Balaban J connectivity index is 1.43. The van der Waals surface area contributed by atoms with Gasteiger partial charge >= 0.3 is 0 Å². The lowest BCUT2D eigenvalue weighted by atomic mass is 9.87. The molecule has 1 amide bonds. The van der Waals surface area contributed by atoms with Crippen LogP contribution in [0, 0.1) is 16.7 Å². The number of nitrogens with one attached hydrogen (secondary N) is 3. The van der Waals surface area contributed by atoms with Crippen molar-refractivity contribution in [1.29, 1.82) is 5.26 Å². The van der Waals surface area contributed by atoms with Gasteiger partial charge in [-0.2, -0.15) is 15.3 Å². The van der Waals surface area contributed by atoms with Crippen LogP contribution in [0.4, 0.5) is 10.3 Å². The number of fused-ring (bicyclic) bond motifs is 1. The van der Waals surface area contributed by atoms with Gasteiger partial charge in [0.05, 0.1) is 22.7 Å². The number of nitrogens with zero attached hydrogens (tertiary/aromatic N) is 5. The topological polar surface area (TPSA) is 130 Å². The van der Waals surface area contributed by atoms with Crippen LogP contribution in [-0.4, -0.2) is 64.1 Å². The van der Waals surface area contributed by atoms with E-state index >= 15 is 0 Å². The summed E-state index contributed by atoms with van der Waals surface area (Å²) in [6.45, 7) is 2.34. The van der Waals surface area contributed by atoms with E-state index in [9.17, 15) is 14.4 Å². The monoisotopic (exact) mass is 556 g/mol. The molecule has 3 N–H and O–H groups in total. The molecule has 0 bridgehead atoms. The quantitative estimate of drug-likeness (QED) is 0.405. The number of anilines is 1. The highest BCUT2D eigenvalue weighted by atomic mass is 79.9. The molecule has 1 aliphatic carbocycles. The molecule has 10 nitrogen and oxygen atoms in total. The molecule has 1 aromatic carbocycles. The normalized spacial score (nSPS) is 22.6. The fourth-order valence-corrected chi connectivity index (χ4v) is 5.18. The minimum Gasteiger partial charge on any atom is -0.490 e. The number of nitriles is 1. The summed E-state index contributed by atoms with van der Waals surface area (Å²) in [7, 11) is 1.66. The second-order valence-electron chi connectivity index (χ2n) is 9.73. The van der Waals surface area contributed by atoms with Gasteiger partial charge in [-0.15, -0.1) is 0 Å². The molecule has 36 heavy (non-hydrogen) atoms. The molecule has 188 valence electrons. The highest BCUT2D eigenvalue weighted by molar-refractivity contribution is 9.10. The van der Waals surface area contributed by atoms with Gasteiger partial charge in [-0.25, -0.2) is 14.1 Å². The molecule has 1 saturated heterocycles. The summed E-state index contributed by atoms with van der Waals surface area (Å²) < 4.78 is 22.3. The van der Waals surface area contributed by atoms with Crippen LogP contribution >= 0.6 is 15.9 Å². The molecule has 2 fully saturated rings. The molecule has 2 atom stereocenters. The van der Waals surface area contributed by atoms with E-state index in [4.69, 9.17) is 9.72 Å². The zero-order chi connectivity index (χ0) is 25.5. The number of carbonyl (C=O) groups is 1. The zero-order valence-corrected chi connectivity index (χ0v) is 21.5. The number of hydrogen-bond donors (Lipinski definition) is 3. The number of alkyl halides is 1. The van der Waals surface area contributed by atoms with E-state index in [2.05, 4.69) is 48.0 Å². The number of rotatable bonds is 7. The molecule has 0 spiro atoms. The van der Waals surface area contributed by atoms with Crippen LogP contribution < -0.4 is 20.7 Å². The summed E-state index contributed by atoms with van der Waals surface area (Å²) in [4.78, 5) is 21.4. The second kappa shape index (κ2) is 9.29. The smallest absolute Gasteiger partial charge is 0.225 e. The van der Waals surface area contributed by atoms with Crippen LogP contribution in [0.3, 0.4) is 0 Å². The highest BCUT2D eigenvalue weighted by Gasteiger charge is 2.41. The summed E-state index contributed by atoms with van der Waals surface area (Å²) >= 11 is 3.46. The zero-order valence-electron chi connectivity index (χ0n) is 19.9. The third-order valence-corrected chi connectivity index (χ3v) is 7.46. The molecule has 1 saturated carbocycles.